The number of rotatable bonds is 4. The molecule has 3 aromatic rings. The van der Waals surface area contributed by atoms with Crippen LogP contribution < -0.4 is 5.32 Å². The van der Waals surface area contributed by atoms with E-state index in [1.165, 1.54) is 0 Å². The van der Waals surface area contributed by atoms with Crippen molar-refractivity contribution in [1.29, 1.82) is 0 Å². The van der Waals surface area contributed by atoms with Gasteiger partial charge in [0.2, 0.25) is 0 Å². The summed E-state index contributed by atoms with van der Waals surface area (Å²) >= 11 is 0. The number of aliphatic hydroxyl groups is 1. The summed E-state index contributed by atoms with van der Waals surface area (Å²) in [5, 5.41) is 20.9. The predicted molar refractivity (Wildman–Crippen MR) is 89.5 cm³/mol. The minimum atomic E-state index is -0.568. The molecule has 0 atom stereocenters. The number of amides is 1. The van der Waals surface area contributed by atoms with Gasteiger partial charge in [-0.15, -0.1) is 0 Å². The number of carbonyl (C=O) groups is 1. The highest BCUT2D eigenvalue weighted by molar-refractivity contribution is 5.93. The average Bonchev–Trinajstić information content (AvgIpc) is 3.22. The molecule has 1 fully saturated rings. The Labute approximate surface area is 144 Å². The Bertz CT molecular complexity index is 894. The van der Waals surface area contributed by atoms with Crippen molar-refractivity contribution in [3.05, 3.63) is 59.9 Å². The lowest BCUT2D eigenvalue weighted by atomic mass is 9.69. The number of aliphatic hydroxyl groups excluding tert-OH is 1. The summed E-state index contributed by atoms with van der Waals surface area (Å²) in [5.41, 5.74) is 1.22. The van der Waals surface area contributed by atoms with Gasteiger partial charge in [-0.3, -0.25) is 9.48 Å². The molecule has 7 heteroatoms. The van der Waals surface area contributed by atoms with Gasteiger partial charge in [-0.1, -0.05) is 35.5 Å². The normalized spacial score (nSPS) is 22.4. The Balaban J connectivity index is 1.56. The highest BCUT2D eigenvalue weighted by Crippen LogP contribution is 2.41. The van der Waals surface area contributed by atoms with Crippen LogP contribution in [0.1, 0.15) is 28.9 Å². The lowest BCUT2D eigenvalue weighted by Gasteiger charge is -2.46. The molecule has 1 aromatic carbocycles. The number of aromatic nitrogens is 3. The van der Waals surface area contributed by atoms with Crippen molar-refractivity contribution in [3.8, 4) is 11.5 Å². The second-order valence-corrected chi connectivity index (χ2v) is 6.42. The largest absolute Gasteiger partial charge is 0.393 e. The van der Waals surface area contributed by atoms with Crippen LogP contribution in [0.3, 0.4) is 0 Å². The van der Waals surface area contributed by atoms with Crippen LogP contribution in [0.4, 0.5) is 0 Å². The molecule has 1 aliphatic rings. The van der Waals surface area contributed by atoms with Gasteiger partial charge in [0.25, 0.3) is 5.91 Å². The van der Waals surface area contributed by atoms with Gasteiger partial charge in [0.05, 0.1) is 11.6 Å². The maximum Gasteiger partial charge on any atom is 0.274 e. The van der Waals surface area contributed by atoms with Crippen LogP contribution >= 0.6 is 0 Å². The maximum atomic E-state index is 12.6. The molecule has 25 heavy (non-hydrogen) atoms. The molecular formula is C18H18N4O3. The smallest absolute Gasteiger partial charge is 0.274 e. The summed E-state index contributed by atoms with van der Waals surface area (Å²) in [6, 6.07) is 13.0. The van der Waals surface area contributed by atoms with E-state index in [0.717, 1.165) is 5.56 Å². The van der Waals surface area contributed by atoms with E-state index in [-0.39, 0.29) is 11.6 Å². The minimum Gasteiger partial charge on any atom is -0.393 e. The molecule has 7 nitrogen and oxygen atoms in total. The molecule has 2 aromatic heterocycles. The van der Waals surface area contributed by atoms with Gasteiger partial charge in [0, 0.05) is 32.2 Å². The van der Waals surface area contributed by atoms with Crippen molar-refractivity contribution in [2.24, 2.45) is 7.05 Å². The van der Waals surface area contributed by atoms with Crippen LogP contribution in [0.25, 0.3) is 11.5 Å². The Kier molecular flexibility index (Phi) is 3.65. The summed E-state index contributed by atoms with van der Waals surface area (Å²) in [5.74, 6) is 0.106. The minimum absolute atomic E-state index is 0.192. The second-order valence-electron chi connectivity index (χ2n) is 6.42. The van der Waals surface area contributed by atoms with Gasteiger partial charge in [-0.25, -0.2) is 0 Å². The van der Waals surface area contributed by atoms with E-state index in [1.54, 1.807) is 30.1 Å². The lowest BCUT2D eigenvalue weighted by molar-refractivity contribution is 0.000817. The molecule has 0 bridgehead atoms. The van der Waals surface area contributed by atoms with Gasteiger partial charge in [-0.2, -0.15) is 5.10 Å². The molecule has 0 aliphatic heterocycles. The van der Waals surface area contributed by atoms with E-state index in [2.05, 4.69) is 15.6 Å². The topological polar surface area (TPSA) is 93.2 Å². The summed E-state index contributed by atoms with van der Waals surface area (Å²) < 4.78 is 6.89. The van der Waals surface area contributed by atoms with E-state index >= 15 is 0 Å². The molecule has 0 saturated heterocycles. The molecule has 0 radical (unpaired) electrons. The number of carbonyl (C=O) groups excluding carboxylic acids is 1. The highest BCUT2D eigenvalue weighted by atomic mass is 16.5. The zero-order chi connectivity index (χ0) is 17.4. The Morgan fingerprint density at radius 2 is 2.08 bits per heavy atom. The first-order valence-electron chi connectivity index (χ1n) is 8.09. The fraction of sp³-hybridized carbons (Fsp3) is 0.278. The quantitative estimate of drug-likeness (QED) is 0.757. The SMILES string of the molecule is Cn1ccc(-c2cc(C(=O)NC3(c4ccccc4)CC(O)C3)no2)n1. The maximum absolute atomic E-state index is 12.6. The fourth-order valence-electron chi connectivity index (χ4n) is 3.24. The molecule has 2 N–H and O–H groups in total. The van der Waals surface area contributed by atoms with Crippen molar-refractivity contribution in [2.75, 3.05) is 0 Å². The third kappa shape index (κ3) is 2.83. The number of aryl methyl sites for hydroxylation is 1. The Hall–Kier alpha value is -2.93. The zero-order valence-corrected chi connectivity index (χ0v) is 13.7. The van der Waals surface area contributed by atoms with Gasteiger partial charge >= 0.3 is 0 Å². The van der Waals surface area contributed by atoms with Crippen LogP contribution in [-0.2, 0) is 12.6 Å². The van der Waals surface area contributed by atoms with E-state index in [4.69, 9.17) is 4.52 Å². The van der Waals surface area contributed by atoms with Crippen LogP contribution in [0, 0.1) is 0 Å². The van der Waals surface area contributed by atoms with Crippen LogP contribution in [-0.4, -0.2) is 32.1 Å². The molecule has 1 saturated carbocycles. The standard InChI is InChI=1S/C18H18N4O3/c1-22-8-7-14(20-22)16-9-15(21-25-16)17(24)19-18(10-13(23)11-18)12-5-3-2-4-6-12/h2-9,13,23H,10-11H2,1H3,(H,19,24). The molecule has 1 amide bonds. The first-order valence-corrected chi connectivity index (χ1v) is 8.09. The third-order valence-corrected chi connectivity index (χ3v) is 4.56. The van der Waals surface area contributed by atoms with E-state index in [1.807, 2.05) is 30.3 Å². The average molecular weight is 338 g/mol. The molecule has 128 valence electrons. The van der Waals surface area contributed by atoms with Crippen molar-refractivity contribution in [3.63, 3.8) is 0 Å². The molecule has 0 unspecified atom stereocenters. The van der Waals surface area contributed by atoms with Crippen molar-refractivity contribution in [1.82, 2.24) is 20.3 Å². The summed E-state index contributed by atoms with van der Waals surface area (Å²) in [6.07, 6.45) is 2.33. The van der Waals surface area contributed by atoms with E-state index < -0.39 is 11.6 Å². The highest BCUT2D eigenvalue weighted by Gasteiger charge is 2.46. The number of hydrogen-bond acceptors (Lipinski definition) is 5. The molecule has 2 heterocycles. The molecular weight excluding hydrogens is 320 g/mol. The van der Waals surface area contributed by atoms with E-state index in [0.29, 0.717) is 24.3 Å². The second kappa shape index (κ2) is 5.86. The fourth-order valence-corrected chi connectivity index (χ4v) is 3.24. The molecule has 0 spiro atoms. The zero-order valence-electron chi connectivity index (χ0n) is 13.7. The van der Waals surface area contributed by atoms with E-state index in [9.17, 15) is 9.90 Å². The summed E-state index contributed by atoms with van der Waals surface area (Å²) in [7, 11) is 1.80. The van der Waals surface area contributed by atoms with Gasteiger partial charge in [-0.05, 0) is 11.6 Å². The van der Waals surface area contributed by atoms with Gasteiger partial charge in [0.15, 0.2) is 11.5 Å². The first-order chi connectivity index (χ1) is 12.1. The molecule has 4 rings (SSSR count). The summed E-state index contributed by atoms with van der Waals surface area (Å²) in [4.78, 5) is 12.6. The van der Waals surface area contributed by atoms with Gasteiger partial charge < -0.3 is 14.9 Å². The number of hydrogen-bond donors (Lipinski definition) is 2. The van der Waals surface area contributed by atoms with Crippen LogP contribution in [0.5, 0.6) is 0 Å². The van der Waals surface area contributed by atoms with Crippen LogP contribution in [0.15, 0.2) is 53.2 Å². The lowest BCUT2D eigenvalue weighted by Crippen LogP contribution is -2.56. The number of nitrogens with one attached hydrogen (secondary N) is 1. The predicted octanol–water partition coefficient (Wildman–Crippen LogP) is 1.86. The van der Waals surface area contributed by atoms with Crippen molar-refractivity contribution in [2.45, 2.75) is 24.5 Å². The van der Waals surface area contributed by atoms with Crippen molar-refractivity contribution >= 4 is 5.91 Å². The van der Waals surface area contributed by atoms with Crippen molar-refractivity contribution < 1.29 is 14.4 Å². The first kappa shape index (κ1) is 15.6. The Morgan fingerprint density at radius 1 is 1.32 bits per heavy atom. The Morgan fingerprint density at radius 3 is 2.72 bits per heavy atom. The van der Waals surface area contributed by atoms with Crippen LogP contribution in [0.2, 0.25) is 0 Å². The number of benzene rings is 1. The van der Waals surface area contributed by atoms with Gasteiger partial charge in [0.1, 0.15) is 5.69 Å². The third-order valence-electron chi connectivity index (χ3n) is 4.56. The summed E-state index contributed by atoms with van der Waals surface area (Å²) in [6.45, 7) is 0. The number of nitrogens with zero attached hydrogens (tertiary/aromatic N) is 3. The monoisotopic (exact) mass is 338 g/mol. The molecule has 1 aliphatic carbocycles.